The van der Waals surface area contributed by atoms with E-state index in [0.29, 0.717) is 11.3 Å². The van der Waals surface area contributed by atoms with Crippen LogP contribution < -0.4 is 21.1 Å². The summed E-state index contributed by atoms with van der Waals surface area (Å²) in [6.07, 6.45) is 0.491. The molecule has 0 bridgehead atoms. The van der Waals surface area contributed by atoms with Crippen molar-refractivity contribution in [1.29, 1.82) is 5.41 Å². The van der Waals surface area contributed by atoms with Gasteiger partial charge in [0.1, 0.15) is 11.9 Å². The van der Waals surface area contributed by atoms with Gasteiger partial charge < -0.3 is 21.1 Å². The standard InChI is InChI=1S/C20H27N5O6S/c1-3-31-19(28)13-16(5-4-12-23-32(2,29)30)25-18(27)11-10-17(26)24-15-8-6-14(7-9-15)20(21)22/h6-9,16,23H,3,10-13H2,1-2H3,(H3,21,22)(H,24,26)(H,25,27). The second-order valence-corrected chi connectivity index (χ2v) is 8.42. The number of nitrogen functional groups attached to an aromatic ring is 1. The summed E-state index contributed by atoms with van der Waals surface area (Å²) >= 11 is 0. The maximum Gasteiger partial charge on any atom is 0.308 e. The van der Waals surface area contributed by atoms with Gasteiger partial charge in [-0.2, -0.15) is 0 Å². The molecule has 0 saturated carbocycles. The first-order chi connectivity index (χ1) is 15.0. The number of nitrogens with two attached hydrogens (primary N) is 1. The van der Waals surface area contributed by atoms with Crippen LogP contribution in [0.4, 0.5) is 5.69 Å². The first-order valence-corrected chi connectivity index (χ1v) is 11.5. The van der Waals surface area contributed by atoms with Crippen molar-refractivity contribution in [1.82, 2.24) is 10.0 Å². The van der Waals surface area contributed by atoms with Crippen molar-refractivity contribution in [3.63, 3.8) is 0 Å². The van der Waals surface area contributed by atoms with E-state index >= 15 is 0 Å². The second-order valence-electron chi connectivity index (χ2n) is 6.58. The quantitative estimate of drug-likeness (QED) is 0.128. The Hall–Kier alpha value is -3.43. The highest BCUT2D eigenvalue weighted by Crippen LogP contribution is 2.10. The van der Waals surface area contributed by atoms with Gasteiger partial charge in [-0.25, -0.2) is 13.1 Å². The van der Waals surface area contributed by atoms with Crippen LogP contribution in [-0.4, -0.2) is 57.5 Å². The Morgan fingerprint density at radius 1 is 1.16 bits per heavy atom. The minimum absolute atomic E-state index is 0.0906. The van der Waals surface area contributed by atoms with E-state index in [1.54, 1.807) is 31.2 Å². The summed E-state index contributed by atoms with van der Waals surface area (Å²) in [4.78, 5) is 36.0. The predicted molar refractivity (Wildman–Crippen MR) is 119 cm³/mol. The third-order valence-corrected chi connectivity index (χ3v) is 4.44. The van der Waals surface area contributed by atoms with Crippen molar-refractivity contribution in [3.8, 4) is 11.8 Å². The maximum atomic E-state index is 12.2. The van der Waals surface area contributed by atoms with E-state index in [1.165, 1.54) is 0 Å². The molecule has 12 heteroatoms. The Morgan fingerprint density at radius 3 is 2.34 bits per heavy atom. The van der Waals surface area contributed by atoms with Gasteiger partial charge in [0.05, 0.1) is 25.8 Å². The molecule has 174 valence electrons. The van der Waals surface area contributed by atoms with Crippen LogP contribution >= 0.6 is 0 Å². The van der Waals surface area contributed by atoms with Crippen LogP contribution in [0.1, 0.15) is 31.7 Å². The third kappa shape index (κ3) is 11.7. The molecule has 6 N–H and O–H groups in total. The van der Waals surface area contributed by atoms with Gasteiger partial charge in [-0.15, -0.1) is 0 Å². The lowest BCUT2D eigenvalue weighted by Crippen LogP contribution is -2.36. The number of amidine groups is 1. The first kappa shape index (κ1) is 26.6. The van der Waals surface area contributed by atoms with Gasteiger partial charge >= 0.3 is 5.97 Å². The van der Waals surface area contributed by atoms with E-state index in [0.717, 1.165) is 6.26 Å². The molecule has 0 aliphatic carbocycles. The van der Waals surface area contributed by atoms with Crippen LogP contribution in [-0.2, 0) is 29.1 Å². The average molecular weight is 466 g/mol. The number of carbonyl (C=O) groups excluding carboxylic acids is 3. The summed E-state index contributed by atoms with van der Waals surface area (Å²) in [5.41, 5.74) is 6.38. The van der Waals surface area contributed by atoms with E-state index in [-0.39, 0.29) is 38.2 Å². The van der Waals surface area contributed by atoms with Crippen LogP contribution in [0.15, 0.2) is 24.3 Å². The average Bonchev–Trinajstić information content (AvgIpc) is 2.69. The summed E-state index contributed by atoms with van der Waals surface area (Å²) in [6.45, 7) is 1.62. The molecule has 0 aromatic heterocycles. The molecule has 0 aliphatic rings. The predicted octanol–water partition coefficient (Wildman–Crippen LogP) is -0.320. The number of benzene rings is 1. The molecule has 0 aliphatic heterocycles. The Kier molecular flexibility index (Phi) is 10.9. The van der Waals surface area contributed by atoms with E-state index in [1.807, 2.05) is 0 Å². The number of nitrogens with one attached hydrogen (secondary N) is 4. The highest BCUT2D eigenvalue weighted by atomic mass is 32.2. The molecule has 1 aromatic carbocycles. The molecular formula is C20H27N5O6S. The summed E-state index contributed by atoms with van der Waals surface area (Å²) in [5, 5.41) is 12.5. The fourth-order valence-corrected chi connectivity index (χ4v) is 2.65. The van der Waals surface area contributed by atoms with Crippen LogP contribution in [0.3, 0.4) is 0 Å². The van der Waals surface area contributed by atoms with E-state index in [9.17, 15) is 22.8 Å². The molecule has 1 aromatic rings. The second kappa shape index (κ2) is 13.1. The summed E-state index contributed by atoms with van der Waals surface area (Å²) in [7, 11) is -3.42. The van der Waals surface area contributed by atoms with E-state index in [4.69, 9.17) is 15.9 Å². The van der Waals surface area contributed by atoms with Gasteiger partial charge in [0, 0.05) is 24.1 Å². The van der Waals surface area contributed by atoms with Crippen molar-refractivity contribution in [3.05, 3.63) is 29.8 Å². The largest absolute Gasteiger partial charge is 0.466 e. The minimum Gasteiger partial charge on any atom is -0.466 e. The number of ether oxygens (including phenoxy) is 1. The van der Waals surface area contributed by atoms with Gasteiger partial charge in [0.25, 0.3) is 0 Å². The Labute approximate surface area is 187 Å². The monoisotopic (exact) mass is 465 g/mol. The number of amides is 2. The highest BCUT2D eigenvalue weighted by Gasteiger charge is 2.16. The zero-order valence-electron chi connectivity index (χ0n) is 17.9. The fourth-order valence-electron chi connectivity index (χ4n) is 2.32. The molecule has 0 fully saturated rings. The molecule has 0 spiro atoms. The maximum absolute atomic E-state index is 12.2. The van der Waals surface area contributed by atoms with Gasteiger partial charge in [0.15, 0.2) is 0 Å². The molecule has 2 amide bonds. The van der Waals surface area contributed by atoms with Crippen molar-refractivity contribution < 1.29 is 27.5 Å². The van der Waals surface area contributed by atoms with Crippen LogP contribution in [0.2, 0.25) is 0 Å². The molecule has 1 unspecified atom stereocenters. The molecule has 0 heterocycles. The normalized spacial score (nSPS) is 11.4. The number of hydrogen-bond acceptors (Lipinski definition) is 7. The van der Waals surface area contributed by atoms with Crippen molar-refractivity contribution in [2.75, 3.05) is 24.7 Å². The zero-order valence-corrected chi connectivity index (χ0v) is 18.7. The van der Waals surface area contributed by atoms with Gasteiger partial charge in [-0.3, -0.25) is 19.8 Å². The number of anilines is 1. The van der Waals surface area contributed by atoms with Crippen LogP contribution in [0.5, 0.6) is 0 Å². The SMILES string of the molecule is CCOC(=O)CC(C#CCNS(C)(=O)=O)NC(=O)CCC(=O)Nc1ccc(C(=N)N)cc1. The lowest BCUT2D eigenvalue weighted by atomic mass is 10.1. The molecular weight excluding hydrogens is 438 g/mol. The topological polar surface area (TPSA) is 181 Å². The summed E-state index contributed by atoms with van der Waals surface area (Å²) in [6, 6.07) is 5.45. The van der Waals surface area contributed by atoms with E-state index in [2.05, 4.69) is 27.2 Å². The zero-order chi connectivity index (χ0) is 24.1. The third-order valence-electron chi connectivity index (χ3n) is 3.77. The molecule has 1 atom stereocenters. The number of carbonyl (C=O) groups is 3. The smallest absolute Gasteiger partial charge is 0.308 e. The Bertz CT molecular complexity index is 996. The number of hydrogen-bond donors (Lipinski definition) is 5. The highest BCUT2D eigenvalue weighted by molar-refractivity contribution is 7.88. The van der Waals surface area contributed by atoms with Crippen LogP contribution in [0.25, 0.3) is 0 Å². The first-order valence-electron chi connectivity index (χ1n) is 9.62. The van der Waals surface area contributed by atoms with Crippen LogP contribution in [0, 0.1) is 17.3 Å². The molecule has 11 nitrogen and oxygen atoms in total. The molecule has 0 saturated heterocycles. The van der Waals surface area contributed by atoms with Gasteiger partial charge in [-0.05, 0) is 31.2 Å². The van der Waals surface area contributed by atoms with Gasteiger partial charge in [-0.1, -0.05) is 11.8 Å². The summed E-state index contributed by atoms with van der Waals surface area (Å²) in [5.74, 6) is 3.58. The van der Waals surface area contributed by atoms with E-state index < -0.39 is 33.8 Å². The number of sulfonamides is 1. The fraction of sp³-hybridized carbons (Fsp3) is 0.400. The number of esters is 1. The molecule has 32 heavy (non-hydrogen) atoms. The van der Waals surface area contributed by atoms with Crippen molar-refractivity contribution in [2.24, 2.45) is 5.73 Å². The van der Waals surface area contributed by atoms with Gasteiger partial charge in [0.2, 0.25) is 21.8 Å². The molecule has 0 radical (unpaired) electrons. The molecule has 1 rings (SSSR count). The minimum atomic E-state index is -3.42. The lowest BCUT2D eigenvalue weighted by Gasteiger charge is -2.13. The lowest BCUT2D eigenvalue weighted by molar-refractivity contribution is -0.143. The van der Waals surface area contributed by atoms with Crippen molar-refractivity contribution >= 4 is 39.3 Å². The Morgan fingerprint density at radius 2 is 1.78 bits per heavy atom. The Balaban J connectivity index is 2.60. The number of rotatable bonds is 11. The summed E-state index contributed by atoms with van der Waals surface area (Å²) < 4.78 is 29.2. The van der Waals surface area contributed by atoms with Crippen molar-refractivity contribution in [2.45, 2.75) is 32.2 Å².